The summed E-state index contributed by atoms with van der Waals surface area (Å²) in [6.45, 7) is 0. The molecule has 2 N–H and O–H groups in total. The first kappa shape index (κ1) is 16.6. The molecule has 0 unspecified atom stereocenters. The second kappa shape index (κ2) is 3.78. The van der Waals surface area contributed by atoms with Gasteiger partial charge in [-0.3, -0.25) is 9.11 Å². The SMILES string of the molecule is OS(O)(F)C(F)(F)C(F)(F)C(F)(F)C(F)(F)F. The average Bonchev–Trinajstić information content (AvgIpc) is 1.98. The Morgan fingerprint density at radius 3 is 1.12 bits per heavy atom. The minimum Gasteiger partial charge on any atom is -0.268 e. The standard InChI is InChI=1S/C4H2F10O2S/c5-1(6,3(9,10)11)2(7,8)4(12,13)17(14,15)16/h15-16H. The van der Waals surface area contributed by atoms with E-state index in [4.69, 9.17) is 9.11 Å². The van der Waals surface area contributed by atoms with Crippen LogP contribution in [0.5, 0.6) is 0 Å². The Morgan fingerprint density at radius 2 is 0.941 bits per heavy atom. The first-order valence-electron chi connectivity index (χ1n) is 3.17. The maximum Gasteiger partial charge on any atom is 0.460 e. The fraction of sp³-hybridized carbons (Fsp3) is 1.00. The molecule has 0 radical (unpaired) electrons. The summed E-state index contributed by atoms with van der Waals surface area (Å²) in [5, 5.41) is -7.00. The molecule has 0 rings (SSSR count). The van der Waals surface area contributed by atoms with Crippen molar-refractivity contribution in [3.63, 3.8) is 0 Å². The van der Waals surface area contributed by atoms with Gasteiger partial charge in [0.2, 0.25) is 0 Å². The highest BCUT2D eigenvalue weighted by Crippen LogP contribution is 2.67. The van der Waals surface area contributed by atoms with E-state index in [0.29, 0.717) is 0 Å². The molecule has 0 spiro atoms. The van der Waals surface area contributed by atoms with Crippen LogP contribution in [0.25, 0.3) is 0 Å². The van der Waals surface area contributed by atoms with Gasteiger partial charge >= 0.3 is 23.3 Å². The predicted octanol–water partition coefficient (Wildman–Crippen LogP) is 4.05. The normalized spacial score (nSPS) is 17.2. The van der Waals surface area contributed by atoms with Gasteiger partial charge < -0.3 is 0 Å². The van der Waals surface area contributed by atoms with Crippen LogP contribution in [0.1, 0.15) is 0 Å². The van der Waals surface area contributed by atoms with E-state index in [1.165, 1.54) is 0 Å². The van der Waals surface area contributed by atoms with Gasteiger partial charge in [-0.1, -0.05) is 3.89 Å². The van der Waals surface area contributed by atoms with Gasteiger partial charge in [0.1, 0.15) is 0 Å². The Hall–Kier alpha value is -0.430. The summed E-state index contributed by atoms with van der Waals surface area (Å²) in [6.07, 6.45) is -7.13. The summed E-state index contributed by atoms with van der Waals surface area (Å²) in [5.41, 5.74) is 0. The van der Waals surface area contributed by atoms with Crippen LogP contribution in [0, 0.1) is 0 Å². The molecular formula is C4H2F10O2S. The van der Waals surface area contributed by atoms with Crippen molar-refractivity contribution in [3.8, 4) is 0 Å². The second-order valence-electron chi connectivity index (χ2n) is 2.64. The van der Waals surface area contributed by atoms with Crippen LogP contribution in [-0.4, -0.2) is 32.4 Å². The Labute approximate surface area is 87.9 Å². The Morgan fingerprint density at radius 1 is 0.647 bits per heavy atom. The molecule has 0 saturated heterocycles. The van der Waals surface area contributed by atoms with Crippen LogP contribution in [0.3, 0.4) is 0 Å². The van der Waals surface area contributed by atoms with E-state index < -0.39 is 34.3 Å². The first-order chi connectivity index (χ1) is 7.00. The highest BCUT2D eigenvalue weighted by molar-refractivity contribution is 8.20. The van der Waals surface area contributed by atoms with E-state index in [-0.39, 0.29) is 0 Å². The van der Waals surface area contributed by atoms with Gasteiger partial charge in [0.05, 0.1) is 0 Å². The van der Waals surface area contributed by atoms with Crippen molar-refractivity contribution in [2.45, 2.75) is 23.3 Å². The molecule has 106 valence electrons. The monoisotopic (exact) mass is 304 g/mol. The molecule has 0 aromatic rings. The van der Waals surface area contributed by atoms with Crippen LogP contribution < -0.4 is 0 Å². The molecule has 0 aromatic heterocycles. The zero-order valence-electron chi connectivity index (χ0n) is 7.08. The molecule has 0 saturated carbocycles. The smallest absolute Gasteiger partial charge is 0.268 e. The van der Waals surface area contributed by atoms with Crippen LogP contribution >= 0.6 is 11.0 Å². The molecule has 0 amide bonds. The number of alkyl halides is 9. The first-order valence-corrected chi connectivity index (χ1v) is 4.62. The molecular weight excluding hydrogens is 302 g/mol. The third-order valence-electron chi connectivity index (χ3n) is 1.44. The summed E-state index contributed by atoms with van der Waals surface area (Å²) in [5.74, 6) is -14.7. The molecule has 0 aromatic carbocycles. The van der Waals surface area contributed by atoms with Gasteiger partial charge in [-0.25, -0.2) is 0 Å². The lowest BCUT2D eigenvalue weighted by Gasteiger charge is -2.38. The topological polar surface area (TPSA) is 40.5 Å². The average molecular weight is 304 g/mol. The highest BCUT2D eigenvalue weighted by atomic mass is 32.3. The van der Waals surface area contributed by atoms with Gasteiger partial charge in [0, 0.05) is 11.0 Å². The Kier molecular flexibility index (Phi) is 3.68. The Balaban J connectivity index is 5.73. The van der Waals surface area contributed by atoms with E-state index in [1.54, 1.807) is 0 Å². The minimum atomic E-state index is -7.37. The predicted molar refractivity (Wildman–Crippen MR) is 34.9 cm³/mol. The third kappa shape index (κ3) is 2.27. The molecule has 0 heterocycles. The van der Waals surface area contributed by atoms with Gasteiger partial charge in [-0.15, -0.1) is 0 Å². The number of hydrogen-bond acceptors (Lipinski definition) is 2. The lowest BCUT2D eigenvalue weighted by atomic mass is 10.1. The zero-order chi connectivity index (χ0) is 14.5. The number of halogens is 10. The third-order valence-corrected chi connectivity index (χ3v) is 2.35. The molecule has 0 atom stereocenters. The van der Waals surface area contributed by atoms with Crippen molar-refractivity contribution in [2.75, 3.05) is 0 Å². The molecule has 0 fully saturated rings. The van der Waals surface area contributed by atoms with E-state index in [0.717, 1.165) is 0 Å². The summed E-state index contributed by atoms with van der Waals surface area (Å²) in [4.78, 5) is 0. The summed E-state index contributed by atoms with van der Waals surface area (Å²) in [7, 11) is -7.17. The van der Waals surface area contributed by atoms with Crippen molar-refractivity contribution in [2.24, 2.45) is 0 Å². The van der Waals surface area contributed by atoms with Gasteiger partial charge in [0.25, 0.3) is 0 Å². The number of rotatable bonds is 3. The molecule has 13 heteroatoms. The summed E-state index contributed by atoms with van der Waals surface area (Å²) in [6, 6.07) is 0. The van der Waals surface area contributed by atoms with E-state index in [2.05, 4.69) is 0 Å². The Bertz CT molecular complexity index is 262. The maximum atomic E-state index is 12.2. The van der Waals surface area contributed by atoms with E-state index in [9.17, 15) is 43.4 Å². The molecule has 0 aliphatic rings. The fourth-order valence-electron chi connectivity index (χ4n) is 0.524. The highest BCUT2D eigenvalue weighted by Gasteiger charge is 2.85. The van der Waals surface area contributed by atoms with Crippen molar-refractivity contribution in [1.29, 1.82) is 0 Å². The number of hydrogen-bond donors (Lipinski definition) is 2. The molecule has 17 heavy (non-hydrogen) atoms. The second-order valence-corrected chi connectivity index (χ2v) is 4.11. The van der Waals surface area contributed by atoms with Crippen LogP contribution in [0.15, 0.2) is 0 Å². The zero-order valence-corrected chi connectivity index (χ0v) is 7.90. The fourth-order valence-corrected chi connectivity index (χ4v) is 0.978. The largest absolute Gasteiger partial charge is 0.460 e. The summed E-state index contributed by atoms with van der Waals surface area (Å²) < 4.78 is 134. The van der Waals surface area contributed by atoms with Crippen molar-refractivity contribution in [1.82, 2.24) is 0 Å². The van der Waals surface area contributed by atoms with E-state index in [1.807, 2.05) is 0 Å². The van der Waals surface area contributed by atoms with Gasteiger partial charge in [-0.05, 0) is 0 Å². The van der Waals surface area contributed by atoms with Crippen molar-refractivity contribution >= 4 is 11.0 Å². The maximum absolute atomic E-state index is 12.2. The van der Waals surface area contributed by atoms with Gasteiger partial charge in [-0.2, -0.15) is 39.5 Å². The van der Waals surface area contributed by atoms with E-state index >= 15 is 0 Å². The molecule has 0 aliphatic carbocycles. The van der Waals surface area contributed by atoms with Crippen LogP contribution in [-0.2, 0) is 0 Å². The molecule has 2 nitrogen and oxygen atoms in total. The van der Waals surface area contributed by atoms with Crippen molar-refractivity contribution < 1.29 is 52.5 Å². The van der Waals surface area contributed by atoms with Crippen LogP contribution in [0.2, 0.25) is 0 Å². The summed E-state index contributed by atoms with van der Waals surface area (Å²) >= 11 is 0. The molecule has 0 aliphatic heterocycles. The van der Waals surface area contributed by atoms with Crippen molar-refractivity contribution in [3.05, 3.63) is 0 Å². The lowest BCUT2D eigenvalue weighted by molar-refractivity contribution is -0.383. The minimum absolute atomic E-state index is 7.00. The van der Waals surface area contributed by atoms with Crippen LogP contribution in [0.4, 0.5) is 43.4 Å². The van der Waals surface area contributed by atoms with Gasteiger partial charge in [0.15, 0.2) is 0 Å². The molecule has 0 bridgehead atoms. The lowest BCUT2D eigenvalue weighted by Crippen LogP contribution is -2.61. The quantitative estimate of drug-likeness (QED) is 0.772.